The molecular weight excluding hydrogens is 420 g/mol. The third-order valence-corrected chi connectivity index (χ3v) is 6.30. The van der Waals surface area contributed by atoms with Crippen LogP contribution in [0.1, 0.15) is 57.1 Å². The van der Waals surface area contributed by atoms with E-state index < -0.39 is 30.1 Å². The van der Waals surface area contributed by atoms with Crippen LogP contribution in [0.4, 0.5) is 4.79 Å². The maximum absolute atomic E-state index is 12.8. The SMILES string of the molecule is CCCC(NC(=O)[C@@H](NC(=O)OCC1c2ccccc2-c2ccccc21)[C@@H](C)CC)C(=O)O. The minimum absolute atomic E-state index is 0.0834. The van der Waals surface area contributed by atoms with Crippen LogP contribution in [0, 0.1) is 5.92 Å². The molecule has 0 fully saturated rings. The van der Waals surface area contributed by atoms with Gasteiger partial charge in [-0.05, 0) is 34.6 Å². The number of fused-ring (bicyclic) bond motifs is 3. The molecular formula is C26H32N2O5. The molecule has 0 heterocycles. The number of nitrogens with one attached hydrogen (secondary N) is 2. The Hall–Kier alpha value is -3.35. The lowest BCUT2D eigenvalue weighted by molar-refractivity contribution is -0.142. The number of hydrogen-bond donors (Lipinski definition) is 3. The van der Waals surface area contributed by atoms with Gasteiger partial charge in [0.15, 0.2) is 0 Å². The van der Waals surface area contributed by atoms with Crippen molar-refractivity contribution < 1.29 is 24.2 Å². The summed E-state index contributed by atoms with van der Waals surface area (Å²) in [7, 11) is 0. The molecule has 0 radical (unpaired) electrons. The Labute approximate surface area is 194 Å². The summed E-state index contributed by atoms with van der Waals surface area (Å²) in [6, 6.07) is 14.2. The van der Waals surface area contributed by atoms with Crippen molar-refractivity contribution in [2.45, 2.75) is 58.0 Å². The van der Waals surface area contributed by atoms with Crippen molar-refractivity contribution in [1.82, 2.24) is 10.6 Å². The van der Waals surface area contributed by atoms with E-state index in [0.717, 1.165) is 22.3 Å². The molecule has 0 spiro atoms. The molecule has 0 saturated carbocycles. The van der Waals surface area contributed by atoms with Crippen molar-refractivity contribution in [3.05, 3.63) is 59.7 Å². The first kappa shape index (κ1) is 24.3. The van der Waals surface area contributed by atoms with E-state index in [2.05, 4.69) is 22.8 Å². The highest BCUT2D eigenvalue weighted by Crippen LogP contribution is 2.44. The molecule has 1 unspecified atom stereocenters. The third kappa shape index (κ3) is 5.53. The zero-order valence-corrected chi connectivity index (χ0v) is 19.3. The lowest BCUT2D eigenvalue weighted by Crippen LogP contribution is -2.54. The van der Waals surface area contributed by atoms with Crippen molar-refractivity contribution in [1.29, 1.82) is 0 Å². The molecule has 7 nitrogen and oxygen atoms in total. The van der Waals surface area contributed by atoms with Crippen LogP contribution in [0.15, 0.2) is 48.5 Å². The van der Waals surface area contributed by atoms with Crippen LogP contribution >= 0.6 is 0 Å². The predicted molar refractivity (Wildman–Crippen MR) is 126 cm³/mol. The van der Waals surface area contributed by atoms with Gasteiger partial charge in [-0.1, -0.05) is 82.1 Å². The molecule has 1 aliphatic carbocycles. The fourth-order valence-corrected chi connectivity index (χ4v) is 4.28. The predicted octanol–water partition coefficient (Wildman–Crippen LogP) is 4.31. The van der Waals surface area contributed by atoms with Crippen molar-refractivity contribution in [2.75, 3.05) is 6.61 Å². The lowest BCUT2D eigenvalue weighted by Gasteiger charge is -2.25. The fourth-order valence-electron chi connectivity index (χ4n) is 4.28. The Morgan fingerprint density at radius 1 is 0.970 bits per heavy atom. The van der Waals surface area contributed by atoms with E-state index >= 15 is 0 Å². The Balaban J connectivity index is 1.68. The largest absolute Gasteiger partial charge is 0.480 e. The Bertz CT molecular complexity index is 960. The van der Waals surface area contributed by atoms with E-state index in [0.29, 0.717) is 19.3 Å². The molecule has 33 heavy (non-hydrogen) atoms. The number of carboxylic acid groups (broad SMARTS) is 1. The quantitative estimate of drug-likeness (QED) is 0.498. The average molecular weight is 453 g/mol. The first-order valence-electron chi connectivity index (χ1n) is 11.5. The molecule has 7 heteroatoms. The van der Waals surface area contributed by atoms with E-state index in [4.69, 9.17) is 4.74 Å². The van der Waals surface area contributed by atoms with E-state index in [-0.39, 0.29) is 18.4 Å². The van der Waals surface area contributed by atoms with Crippen molar-refractivity contribution >= 4 is 18.0 Å². The number of benzene rings is 2. The van der Waals surface area contributed by atoms with Gasteiger partial charge in [-0.3, -0.25) is 4.79 Å². The van der Waals surface area contributed by atoms with Gasteiger partial charge in [0, 0.05) is 5.92 Å². The summed E-state index contributed by atoms with van der Waals surface area (Å²) in [4.78, 5) is 36.9. The van der Waals surface area contributed by atoms with Gasteiger partial charge in [-0.2, -0.15) is 0 Å². The molecule has 1 aliphatic rings. The number of aliphatic carboxylic acids is 1. The van der Waals surface area contributed by atoms with Crippen molar-refractivity contribution in [3.8, 4) is 11.1 Å². The van der Waals surface area contributed by atoms with Gasteiger partial charge < -0.3 is 20.5 Å². The molecule has 0 bridgehead atoms. The number of alkyl carbamates (subject to hydrolysis) is 1. The first-order chi connectivity index (χ1) is 15.9. The highest BCUT2D eigenvalue weighted by atomic mass is 16.5. The topological polar surface area (TPSA) is 105 Å². The Morgan fingerprint density at radius 3 is 2.06 bits per heavy atom. The summed E-state index contributed by atoms with van der Waals surface area (Å²) in [6.07, 6.45) is 0.872. The van der Waals surface area contributed by atoms with Crippen molar-refractivity contribution in [2.24, 2.45) is 5.92 Å². The minimum Gasteiger partial charge on any atom is -0.480 e. The summed E-state index contributed by atoms with van der Waals surface area (Å²) >= 11 is 0. The summed E-state index contributed by atoms with van der Waals surface area (Å²) in [5, 5.41) is 14.6. The molecule has 3 N–H and O–H groups in total. The van der Waals surface area contributed by atoms with Gasteiger partial charge in [0.1, 0.15) is 18.7 Å². The second kappa shape index (κ2) is 11.0. The summed E-state index contributed by atoms with van der Waals surface area (Å²) in [5.41, 5.74) is 4.47. The number of ether oxygens (including phenoxy) is 1. The molecule has 176 valence electrons. The highest BCUT2D eigenvalue weighted by Gasteiger charge is 2.32. The number of carboxylic acids is 1. The van der Waals surface area contributed by atoms with Gasteiger partial charge in [-0.25, -0.2) is 9.59 Å². The normalized spacial score (nSPS) is 15.0. The van der Waals surface area contributed by atoms with Crippen LogP contribution in [0.2, 0.25) is 0 Å². The van der Waals surface area contributed by atoms with E-state index in [1.54, 1.807) is 0 Å². The zero-order valence-electron chi connectivity index (χ0n) is 19.3. The van der Waals surface area contributed by atoms with Crippen LogP contribution in [-0.2, 0) is 14.3 Å². The first-order valence-corrected chi connectivity index (χ1v) is 11.5. The number of amides is 2. The third-order valence-electron chi connectivity index (χ3n) is 6.30. The molecule has 2 amide bonds. The maximum atomic E-state index is 12.8. The number of rotatable bonds is 10. The molecule has 0 aromatic heterocycles. The molecule has 2 aromatic rings. The summed E-state index contributed by atoms with van der Waals surface area (Å²) in [5.74, 6) is -1.88. The minimum atomic E-state index is -1.09. The lowest BCUT2D eigenvalue weighted by atomic mass is 9.97. The van der Waals surface area contributed by atoms with E-state index in [9.17, 15) is 19.5 Å². The average Bonchev–Trinajstić information content (AvgIpc) is 3.14. The molecule has 3 rings (SSSR count). The number of carbonyl (C=O) groups excluding carboxylic acids is 2. The molecule has 0 aliphatic heterocycles. The van der Waals surface area contributed by atoms with E-state index in [1.807, 2.05) is 57.2 Å². The summed E-state index contributed by atoms with van der Waals surface area (Å²) in [6.45, 7) is 5.74. The highest BCUT2D eigenvalue weighted by molar-refractivity contribution is 5.89. The van der Waals surface area contributed by atoms with Crippen LogP contribution < -0.4 is 10.6 Å². The monoisotopic (exact) mass is 452 g/mol. The Morgan fingerprint density at radius 2 is 1.55 bits per heavy atom. The van der Waals surface area contributed by atoms with Crippen molar-refractivity contribution in [3.63, 3.8) is 0 Å². The number of hydrogen-bond acceptors (Lipinski definition) is 4. The number of carbonyl (C=O) groups is 3. The molecule has 2 aromatic carbocycles. The maximum Gasteiger partial charge on any atom is 0.407 e. The second-order valence-corrected chi connectivity index (χ2v) is 8.52. The van der Waals surface area contributed by atoms with Gasteiger partial charge in [0.25, 0.3) is 0 Å². The van der Waals surface area contributed by atoms with Crippen LogP contribution in [0.3, 0.4) is 0 Å². The van der Waals surface area contributed by atoms with Gasteiger partial charge >= 0.3 is 12.1 Å². The summed E-state index contributed by atoms with van der Waals surface area (Å²) < 4.78 is 5.57. The van der Waals surface area contributed by atoms with Gasteiger partial charge in [0.2, 0.25) is 5.91 Å². The van der Waals surface area contributed by atoms with Gasteiger partial charge in [0.05, 0.1) is 0 Å². The Kier molecular flexibility index (Phi) is 8.09. The zero-order chi connectivity index (χ0) is 24.0. The smallest absolute Gasteiger partial charge is 0.407 e. The molecule has 3 atom stereocenters. The second-order valence-electron chi connectivity index (χ2n) is 8.52. The van der Waals surface area contributed by atoms with Crippen LogP contribution in [0.25, 0.3) is 11.1 Å². The fraction of sp³-hybridized carbons (Fsp3) is 0.423. The van der Waals surface area contributed by atoms with Gasteiger partial charge in [-0.15, -0.1) is 0 Å². The molecule has 0 saturated heterocycles. The standard InChI is InChI=1S/C26H32N2O5/c1-4-10-22(25(30)31)27-24(29)23(16(3)5-2)28-26(32)33-15-21-19-13-8-6-11-17(19)18-12-7-9-14-20(18)21/h6-9,11-14,16,21-23H,4-5,10,15H2,1-3H3,(H,27,29)(H,28,32)(H,30,31)/t16-,22?,23-/m0/s1. The van der Waals surface area contributed by atoms with Crippen LogP contribution in [-0.4, -0.2) is 41.8 Å². The van der Waals surface area contributed by atoms with E-state index in [1.165, 1.54) is 0 Å². The van der Waals surface area contributed by atoms with Crippen LogP contribution in [0.5, 0.6) is 0 Å².